The van der Waals surface area contributed by atoms with Crippen LogP contribution in [0.4, 0.5) is 5.69 Å². The summed E-state index contributed by atoms with van der Waals surface area (Å²) in [6, 6.07) is 9.22. The molecule has 140 valence electrons. The fourth-order valence-corrected chi connectivity index (χ4v) is 3.98. The highest BCUT2D eigenvalue weighted by Crippen LogP contribution is 2.29. The zero-order valence-corrected chi connectivity index (χ0v) is 16.4. The number of thiophene rings is 1. The molecule has 3 rings (SSSR count). The number of nitrogens with zero attached hydrogens (tertiary/aromatic N) is 1. The maximum absolute atomic E-state index is 12.3. The third-order valence-electron chi connectivity index (χ3n) is 3.63. The van der Waals surface area contributed by atoms with Gasteiger partial charge < -0.3 is 10.1 Å². The molecule has 0 fully saturated rings. The molecule has 0 saturated carbocycles. The lowest BCUT2D eigenvalue weighted by Gasteiger charge is -2.11. The second-order valence-corrected chi connectivity index (χ2v) is 7.28. The lowest BCUT2D eigenvalue weighted by atomic mass is 10.3. The maximum Gasteiger partial charge on any atom is 0.281 e. The van der Waals surface area contributed by atoms with E-state index in [0.29, 0.717) is 22.0 Å². The summed E-state index contributed by atoms with van der Waals surface area (Å²) < 4.78 is 5.21. The van der Waals surface area contributed by atoms with Crippen molar-refractivity contribution in [3.63, 3.8) is 0 Å². The number of benzene rings is 1. The van der Waals surface area contributed by atoms with Gasteiger partial charge >= 0.3 is 0 Å². The van der Waals surface area contributed by atoms with E-state index in [2.05, 4.69) is 21.2 Å². The average Bonchev–Trinajstić information content (AvgIpc) is 3.34. The van der Waals surface area contributed by atoms with Gasteiger partial charge in [-0.05, 0) is 30.5 Å². The topological polar surface area (TPSA) is 92.4 Å². The van der Waals surface area contributed by atoms with Crippen LogP contribution < -0.4 is 20.9 Å². The van der Waals surface area contributed by atoms with Crippen molar-refractivity contribution in [1.82, 2.24) is 15.8 Å². The van der Waals surface area contributed by atoms with Gasteiger partial charge in [0.05, 0.1) is 25.0 Å². The average molecular weight is 403 g/mol. The summed E-state index contributed by atoms with van der Waals surface area (Å²) in [5.41, 5.74) is 7.13. The summed E-state index contributed by atoms with van der Waals surface area (Å²) in [6.07, 6.45) is 0. The number of carbonyl (C=O) groups excluding carboxylic acids is 2. The van der Waals surface area contributed by atoms with Crippen LogP contribution in [-0.4, -0.2) is 30.5 Å². The Bertz CT molecular complexity index is 938. The minimum atomic E-state index is -0.392. The van der Waals surface area contributed by atoms with Gasteiger partial charge in [-0.2, -0.15) is 11.3 Å². The van der Waals surface area contributed by atoms with Crippen LogP contribution in [0.3, 0.4) is 0 Å². The predicted molar refractivity (Wildman–Crippen MR) is 107 cm³/mol. The van der Waals surface area contributed by atoms with Gasteiger partial charge in [0, 0.05) is 10.9 Å². The lowest BCUT2D eigenvalue weighted by Crippen LogP contribution is -2.44. The zero-order valence-electron chi connectivity index (χ0n) is 14.7. The second kappa shape index (κ2) is 8.65. The van der Waals surface area contributed by atoms with E-state index in [1.54, 1.807) is 37.5 Å². The lowest BCUT2D eigenvalue weighted by molar-refractivity contribution is -0.120. The number of hydrogen-bond donors (Lipinski definition) is 3. The van der Waals surface area contributed by atoms with Crippen molar-refractivity contribution >= 4 is 40.2 Å². The molecular formula is C18H18N4O3S2. The van der Waals surface area contributed by atoms with Crippen LogP contribution in [0, 0.1) is 6.92 Å². The Hall–Kier alpha value is -2.91. The number of amides is 2. The van der Waals surface area contributed by atoms with Crippen molar-refractivity contribution in [2.45, 2.75) is 6.92 Å². The largest absolute Gasteiger partial charge is 0.495 e. The molecule has 7 nitrogen and oxygen atoms in total. The van der Waals surface area contributed by atoms with Crippen LogP contribution in [-0.2, 0) is 4.79 Å². The third kappa shape index (κ3) is 4.63. The van der Waals surface area contributed by atoms with Crippen LogP contribution >= 0.6 is 22.7 Å². The number of rotatable bonds is 6. The molecule has 0 aliphatic rings. The minimum absolute atomic E-state index is 0.0114. The molecule has 0 bridgehead atoms. The van der Waals surface area contributed by atoms with Gasteiger partial charge in [-0.3, -0.25) is 20.4 Å². The first-order chi connectivity index (χ1) is 13.1. The molecule has 0 aliphatic heterocycles. The van der Waals surface area contributed by atoms with Crippen LogP contribution in [0.25, 0.3) is 10.6 Å². The molecule has 2 amide bonds. The highest BCUT2D eigenvalue weighted by Gasteiger charge is 2.17. The Morgan fingerprint density at radius 1 is 1.19 bits per heavy atom. The minimum Gasteiger partial charge on any atom is -0.495 e. The molecule has 0 spiro atoms. The molecular weight excluding hydrogens is 384 g/mol. The summed E-state index contributed by atoms with van der Waals surface area (Å²) in [5.74, 6) is -0.137. The van der Waals surface area contributed by atoms with Crippen LogP contribution in [0.2, 0.25) is 0 Å². The highest BCUT2D eigenvalue weighted by atomic mass is 32.1. The Morgan fingerprint density at radius 2 is 2.00 bits per heavy atom. The molecule has 0 saturated heterocycles. The quantitative estimate of drug-likeness (QED) is 0.551. The summed E-state index contributed by atoms with van der Waals surface area (Å²) in [6.45, 7) is 1.76. The number of nitrogens with one attached hydrogen (secondary N) is 3. The normalized spacial score (nSPS) is 10.3. The molecule has 27 heavy (non-hydrogen) atoms. The number of hydrogen-bond acceptors (Lipinski definition) is 7. The fraction of sp³-hybridized carbons (Fsp3) is 0.167. The standard InChI is InChI=1S/C18H18N4O3S2/c1-11-16(27-18(20-11)12-7-8-26-10-12)17(24)22-21-15(23)9-19-13-5-3-4-6-14(13)25-2/h3-8,10,19H,9H2,1-2H3,(H,21,23)(H,22,24). The van der Waals surface area contributed by atoms with Gasteiger partial charge in [0.2, 0.25) is 0 Å². The van der Waals surface area contributed by atoms with Crippen LogP contribution in [0.1, 0.15) is 15.4 Å². The number of hydrazine groups is 1. The molecule has 2 heterocycles. The van der Waals surface area contributed by atoms with E-state index in [1.165, 1.54) is 11.3 Å². The summed E-state index contributed by atoms with van der Waals surface area (Å²) in [7, 11) is 1.56. The Morgan fingerprint density at radius 3 is 2.74 bits per heavy atom. The molecule has 1 aromatic carbocycles. The fourth-order valence-electron chi connectivity index (χ4n) is 2.31. The van der Waals surface area contributed by atoms with E-state index < -0.39 is 5.91 Å². The van der Waals surface area contributed by atoms with Crippen molar-refractivity contribution < 1.29 is 14.3 Å². The number of anilines is 1. The Labute approximate surface area is 164 Å². The van der Waals surface area contributed by atoms with Gasteiger partial charge in [0.25, 0.3) is 11.8 Å². The van der Waals surface area contributed by atoms with E-state index in [-0.39, 0.29) is 12.5 Å². The first kappa shape index (κ1) is 18.9. The molecule has 0 unspecified atom stereocenters. The van der Waals surface area contributed by atoms with Gasteiger partial charge in [-0.15, -0.1) is 11.3 Å². The first-order valence-corrected chi connectivity index (χ1v) is 9.80. The smallest absolute Gasteiger partial charge is 0.281 e. The number of aryl methyl sites for hydroxylation is 1. The Kier molecular flexibility index (Phi) is 6.05. The number of thiazole rings is 1. The molecule has 9 heteroatoms. The number of ether oxygens (including phenoxy) is 1. The number of aromatic nitrogens is 1. The summed E-state index contributed by atoms with van der Waals surface area (Å²) in [5, 5.41) is 7.68. The summed E-state index contributed by atoms with van der Waals surface area (Å²) >= 11 is 2.86. The van der Waals surface area contributed by atoms with E-state index in [0.717, 1.165) is 10.6 Å². The van der Waals surface area contributed by atoms with Gasteiger partial charge in [0.1, 0.15) is 15.6 Å². The summed E-state index contributed by atoms with van der Waals surface area (Å²) in [4.78, 5) is 29.2. The zero-order chi connectivity index (χ0) is 19.2. The number of carbonyl (C=O) groups is 2. The first-order valence-electron chi connectivity index (χ1n) is 8.04. The molecule has 2 aromatic heterocycles. The van der Waals surface area contributed by atoms with Gasteiger partial charge in [-0.25, -0.2) is 4.98 Å². The van der Waals surface area contributed by atoms with Crippen molar-refractivity contribution in [1.29, 1.82) is 0 Å². The van der Waals surface area contributed by atoms with Gasteiger partial charge in [-0.1, -0.05) is 12.1 Å². The van der Waals surface area contributed by atoms with E-state index in [1.807, 2.05) is 29.0 Å². The highest BCUT2D eigenvalue weighted by molar-refractivity contribution is 7.17. The van der Waals surface area contributed by atoms with Crippen LogP contribution in [0.5, 0.6) is 5.75 Å². The third-order valence-corrected chi connectivity index (χ3v) is 5.52. The second-order valence-electron chi connectivity index (χ2n) is 5.50. The maximum atomic E-state index is 12.3. The molecule has 3 N–H and O–H groups in total. The molecule has 0 atom stereocenters. The predicted octanol–water partition coefficient (Wildman–Crippen LogP) is 3.06. The molecule has 0 aliphatic carbocycles. The number of methoxy groups -OCH3 is 1. The SMILES string of the molecule is COc1ccccc1NCC(=O)NNC(=O)c1sc(-c2ccsc2)nc1C. The molecule has 3 aromatic rings. The number of para-hydroxylation sites is 2. The van der Waals surface area contributed by atoms with Crippen LogP contribution in [0.15, 0.2) is 41.1 Å². The monoisotopic (exact) mass is 402 g/mol. The van der Waals surface area contributed by atoms with Crippen molar-refractivity contribution in [3.8, 4) is 16.3 Å². The molecule has 0 radical (unpaired) electrons. The Balaban J connectivity index is 1.54. The van der Waals surface area contributed by atoms with Gasteiger partial charge in [0.15, 0.2) is 0 Å². The van der Waals surface area contributed by atoms with Crippen molar-refractivity contribution in [3.05, 3.63) is 51.7 Å². The van der Waals surface area contributed by atoms with E-state index in [9.17, 15) is 9.59 Å². The van der Waals surface area contributed by atoms with Crippen molar-refractivity contribution in [2.75, 3.05) is 19.0 Å². The van der Waals surface area contributed by atoms with Crippen molar-refractivity contribution in [2.24, 2.45) is 0 Å². The van der Waals surface area contributed by atoms with E-state index >= 15 is 0 Å². The van der Waals surface area contributed by atoms with E-state index in [4.69, 9.17) is 4.74 Å².